The molecule has 2 bridgehead atoms. The average Bonchev–Trinajstić information content (AvgIpc) is 2.39. The molecule has 3 heterocycles. The van der Waals surface area contributed by atoms with Gasteiger partial charge in [0.05, 0.1) is 5.69 Å². The van der Waals surface area contributed by atoms with Crippen LogP contribution in [0.15, 0.2) is 18.3 Å². The first kappa shape index (κ1) is 13.1. The first-order chi connectivity index (χ1) is 9.22. The van der Waals surface area contributed by atoms with Crippen molar-refractivity contribution in [1.82, 2.24) is 15.2 Å². The summed E-state index contributed by atoms with van der Waals surface area (Å²) in [6.07, 6.45) is 8.76. The second kappa shape index (κ2) is 5.59. The van der Waals surface area contributed by atoms with Crippen LogP contribution in [0.1, 0.15) is 43.4 Å². The predicted octanol–water partition coefficient (Wildman–Crippen LogP) is 2.49. The molecular weight excluding hydrogens is 234 g/mol. The van der Waals surface area contributed by atoms with Crippen molar-refractivity contribution >= 4 is 0 Å². The van der Waals surface area contributed by atoms with E-state index < -0.39 is 0 Å². The third-order valence-electron chi connectivity index (χ3n) is 4.88. The van der Waals surface area contributed by atoms with Gasteiger partial charge in [-0.25, -0.2) is 0 Å². The van der Waals surface area contributed by atoms with Crippen molar-refractivity contribution in [3.8, 4) is 0 Å². The van der Waals surface area contributed by atoms with Crippen molar-refractivity contribution in [1.29, 1.82) is 0 Å². The fourth-order valence-corrected chi connectivity index (χ4v) is 3.63. The van der Waals surface area contributed by atoms with Crippen LogP contribution in [0.4, 0.5) is 0 Å². The number of hydrogen-bond donors (Lipinski definition) is 1. The molecule has 3 rings (SSSR count). The first-order valence-corrected chi connectivity index (χ1v) is 7.59. The van der Waals surface area contributed by atoms with Crippen molar-refractivity contribution < 1.29 is 0 Å². The van der Waals surface area contributed by atoms with Gasteiger partial charge in [0.25, 0.3) is 0 Å². The molecule has 2 atom stereocenters. The SMILES string of the molecule is Cc1ccc(CNC2CC3CCCC(C2)N3C)nc1. The van der Waals surface area contributed by atoms with Crippen LogP contribution in [-0.2, 0) is 6.54 Å². The maximum Gasteiger partial charge on any atom is 0.0541 e. The van der Waals surface area contributed by atoms with Crippen LogP contribution in [0.3, 0.4) is 0 Å². The second-order valence-electron chi connectivity index (χ2n) is 6.28. The summed E-state index contributed by atoms with van der Waals surface area (Å²) in [4.78, 5) is 7.09. The Morgan fingerprint density at radius 2 is 2.00 bits per heavy atom. The summed E-state index contributed by atoms with van der Waals surface area (Å²) in [5.41, 5.74) is 2.40. The van der Waals surface area contributed by atoms with E-state index in [1.54, 1.807) is 0 Å². The lowest BCUT2D eigenvalue weighted by molar-refractivity contribution is 0.0481. The Labute approximate surface area is 116 Å². The number of nitrogens with zero attached hydrogens (tertiary/aromatic N) is 2. The smallest absolute Gasteiger partial charge is 0.0541 e. The number of piperidine rings is 2. The van der Waals surface area contributed by atoms with Gasteiger partial charge >= 0.3 is 0 Å². The molecule has 1 aromatic heterocycles. The molecular formula is C16H25N3. The lowest BCUT2D eigenvalue weighted by Crippen LogP contribution is -2.54. The van der Waals surface area contributed by atoms with Crippen molar-refractivity contribution in [2.45, 2.75) is 63.7 Å². The molecule has 2 fully saturated rings. The second-order valence-corrected chi connectivity index (χ2v) is 6.28. The molecule has 1 aromatic rings. The Bertz CT molecular complexity index is 401. The van der Waals surface area contributed by atoms with Gasteiger partial charge in [0.1, 0.15) is 0 Å². The lowest BCUT2D eigenvalue weighted by Gasteiger charge is -2.47. The van der Waals surface area contributed by atoms with Gasteiger partial charge in [-0.3, -0.25) is 4.98 Å². The molecule has 3 nitrogen and oxygen atoms in total. The molecule has 2 aliphatic rings. The van der Waals surface area contributed by atoms with E-state index in [0.29, 0.717) is 6.04 Å². The van der Waals surface area contributed by atoms with E-state index in [2.05, 4.69) is 41.3 Å². The topological polar surface area (TPSA) is 28.2 Å². The van der Waals surface area contributed by atoms with E-state index in [1.165, 1.54) is 37.7 Å². The molecule has 0 amide bonds. The highest BCUT2D eigenvalue weighted by atomic mass is 15.2. The predicted molar refractivity (Wildman–Crippen MR) is 78.0 cm³/mol. The van der Waals surface area contributed by atoms with E-state index >= 15 is 0 Å². The quantitative estimate of drug-likeness (QED) is 0.904. The van der Waals surface area contributed by atoms with Gasteiger partial charge in [-0.2, -0.15) is 0 Å². The normalized spacial score (nSPS) is 31.4. The number of rotatable bonds is 3. The Kier molecular flexibility index (Phi) is 3.85. The van der Waals surface area contributed by atoms with Crippen LogP contribution in [0.5, 0.6) is 0 Å². The molecule has 2 unspecified atom stereocenters. The minimum absolute atomic E-state index is 0.676. The molecule has 2 aliphatic heterocycles. The number of aromatic nitrogens is 1. The van der Waals surface area contributed by atoms with Crippen LogP contribution >= 0.6 is 0 Å². The van der Waals surface area contributed by atoms with Crippen LogP contribution in [0.2, 0.25) is 0 Å². The summed E-state index contributed by atoms with van der Waals surface area (Å²) >= 11 is 0. The highest BCUT2D eigenvalue weighted by Crippen LogP contribution is 2.32. The third-order valence-corrected chi connectivity index (χ3v) is 4.88. The Morgan fingerprint density at radius 3 is 2.63 bits per heavy atom. The number of pyridine rings is 1. The third kappa shape index (κ3) is 2.98. The zero-order chi connectivity index (χ0) is 13.2. The molecule has 3 heteroatoms. The summed E-state index contributed by atoms with van der Waals surface area (Å²) in [5.74, 6) is 0. The number of nitrogens with one attached hydrogen (secondary N) is 1. The minimum Gasteiger partial charge on any atom is -0.308 e. The van der Waals surface area contributed by atoms with E-state index in [9.17, 15) is 0 Å². The van der Waals surface area contributed by atoms with E-state index in [4.69, 9.17) is 0 Å². The molecule has 0 aromatic carbocycles. The molecule has 0 radical (unpaired) electrons. The summed E-state index contributed by atoms with van der Waals surface area (Å²) in [5, 5.41) is 3.72. The lowest BCUT2D eigenvalue weighted by atomic mass is 9.82. The fraction of sp³-hybridized carbons (Fsp3) is 0.688. The van der Waals surface area contributed by atoms with Crippen molar-refractivity contribution in [2.24, 2.45) is 0 Å². The molecule has 0 aliphatic carbocycles. The van der Waals surface area contributed by atoms with Gasteiger partial charge in [-0.05, 0) is 51.3 Å². The monoisotopic (exact) mass is 259 g/mol. The van der Waals surface area contributed by atoms with Gasteiger partial charge in [-0.1, -0.05) is 12.5 Å². The molecule has 1 N–H and O–H groups in total. The largest absolute Gasteiger partial charge is 0.308 e. The Balaban J connectivity index is 1.55. The zero-order valence-electron chi connectivity index (χ0n) is 12.1. The highest BCUT2D eigenvalue weighted by molar-refractivity contribution is 5.12. The molecule has 0 spiro atoms. The fourth-order valence-electron chi connectivity index (χ4n) is 3.63. The highest BCUT2D eigenvalue weighted by Gasteiger charge is 2.35. The van der Waals surface area contributed by atoms with Crippen LogP contribution in [0.25, 0.3) is 0 Å². The van der Waals surface area contributed by atoms with Crippen molar-refractivity contribution in [2.75, 3.05) is 7.05 Å². The maximum atomic E-state index is 4.48. The number of aryl methyl sites for hydroxylation is 1. The van der Waals surface area contributed by atoms with E-state index in [1.807, 2.05) is 6.20 Å². The summed E-state index contributed by atoms with van der Waals surface area (Å²) in [6.45, 7) is 3.00. The van der Waals surface area contributed by atoms with Gasteiger partial charge in [0, 0.05) is 30.9 Å². The summed E-state index contributed by atoms with van der Waals surface area (Å²) in [6, 6.07) is 6.56. The molecule has 2 saturated heterocycles. The van der Waals surface area contributed by atoms with Gasteiger partial charge in [0.15, 0.2) is 0 Å². The van der Waals surface area contributed by atoms with Crippen molar-refractivity contribution in [3.63, 3.8) is 0 Å². The summed E-state index contributed by atoms with van der Waals surface area (Å²) in [7, 11) is 2.31. The Morgan fingerprint density at radius 1 is 1.26 bits per heavy atom. The van der Waals surface area contributed by atoms with Crippen LogP contribution < -0.4 is 5.32 Å². The first-order valence-electron chi connectivity index (χ1n) is 7.59. The molecule has 0 saturated carbocycles. The Hall–Kier alpha value is -0.930. The summed E-state index contributed by atoms with van der Waals surface area (Å²) < 4.78 is 0. The van der Waals surface area contributed by atoms with E-state index in [0.717, 1.165) is 24.3 Å². The minimum atomic E-state index is 0.676. The van der Waals surface area contributed by atoms with Gasteiger partial charge in [0.2, 0.25) is 0 Å². The van der Waals surface area contributed by atoms with Crippen LogP contribution in [0, 0.1) is 6.92 Å². The molecule has 104 valence electrons. The molecule has 19 heavy (non-hydrogen) atoms. The van der Waals surface area contributed by atoms with Crippen molar-refractivity contribution in [3.05, 3.63) is 29.6 Å². The van der Waals surface area contributed by atoms with Crippen LogP contribution in [-0.4, -0.2) is 35.1 Å². The number of fused-ring (bicyclic) bond motifs is 2. The maximum absolute atomic E-state index is 4.48. The number of hydrogen-bond acceptors (Lipinski definition) is 3. The average molecular weight is 259 g/mol. The zero-order valence-corrected chi connectivity index (χ0v) is 12.1. The van der Waals surface area contributed by atoms with Gasteiger partial charge in [-0.15, -0.1) is 0 Å². The standard InChI is InChI=1S/C16H25N3/c1-12-6-7-13(17-10-12)11-18-14-8-15-4-3-5-16(9-14)19(15)2/h6-7,10,14-16,18H,3-5,8-9,11H2,1-2H3. The van der Waals surface area contributed by atoms with E-state index in [-0.39, 0.29) is 0 Å². The van der Waals surface area contributed by atoms with Gasteiger partial charge < -0.3 is 10.2 Å².